The van der Waals surface area contributed by atoms with Gasteiger partial charge in [-0.05, 0) is 12.8 Å². The van der Waals surface area contributed by atoms with Crippen LogP contribution in [0.2, 0.25) is 0 Å². The molecule has 1 aromatic heterocycles. The van der Waals surface area contributed by atoms with Crippen LogP contribution in [-0.2, 0) is 13.6 Å². The van der Waals surface area contributed by atoms with Crippen LogP contribution in [0.4, 0.5) is 0 Å². The molecule has 0 N–H and O–H groups in total. The highest BCUT2D eigenvalue weighted by molar-refractivity contribution is 4.96. The van der Waals surface area contributed by atoms with Gasteiger partial charge in [0.2, 0.25) is 0 Å². The van der Waals surface area contributed by atoms with E-state index < -0.39 is 0 Å². The molecule has 0 saturated heterocycles. The minimum atomic E-state index is 0.594. The third-order valence-electron chi connectivity index (χ3n) is 2.59. The topological polar surface area (TPSA) is 57.7 Å². The smallest absolute Gasteiger partial charge is 0.0967 e. The van der Waals surface area contributed by atoms with Gasteiger partial charge in [-0.1, -0.05) is 5.21 Å². The van der Waals surface area contributed by atoms with Crippen LogP contribution in [0.15, 0.2) is 6.20 Å². The van der Waals surface area contributed by atoms with Gasteiger partial charge in [-0.3, -0.25) is 9.58 Å². The van der Waals surface area contributed by atoms with Gasteiger partial charge < -0.3 is 0 Å². The molecular weight excluding hydrogens is 190 g/mol. The summed E-state index contributed by atoms with van der Waals surface area (Å²) in [5.74, 6) is 0. The molecule has 1 heterocycles. The lowest BCUT2D eigenvalue weighted by atomic mass is 10.3. The lowest BCUT2D eigenvalue weighted by molar-refractivity contribution is 0.257. The highest BCUT2D eigenvalue weighted by Gasteiger charge is 2.28. The van der Waals surface area contributed by atoms with Crippen LogP contribution < -0.4 is 0 Å². The Kier molecular flexibility index (Phi) is 2.97. The van der Waals surface area contributed by atoms with Crippen LogP contribution in [0, 0.1) is 11.3 Å². The van der Waals surface area contributed by atoms with Crippen molar-refractivity contribution in [1.29, 1.82) is 5.26 Å². The van der Waals surface area contributed by atoms with E-state index in [1.807, 2.05) is 13.2 Å². The molecule has 0 aliphatic heterocycles. The fourth-order valence-corrected chi connectivity index (χ4v) is 1.70. The number of nitrogens with zero attached hydrogens (tertiary/aromatic N) is 5. The average Bonchev–Trinajstić information content (AvgIpc) is 2.98. The first-order chi connectivity index (χ1) is 7.29. The van der Waals surface area contributed by atoms with Crippen molar-refractivity contribution in [2.45, 2.75) is 31.8 Å². The number of aryl methyl sites for hydroxylation is 1. The standard InChI is InChI=1S/C10H15N5/c1-14-7-9(12-13-14)8-15(6-2-5-11)10-3-4-10/h7,10H,2-4,6,8H2,1H3. The summed E-state index contributed by atoms with van der Waals surface area (Å²) in [4.78, 5) is 2.33. The lowest BCUT2D eigenvalue weighted by Gasteiger charge is -2.18. The van der Waals surface area contributed by atoms with Gasteiger partial charge in [-0.2, -0.15) is 5.26 Å². The Bertz CT molecular complexity index is 360. The molecule has 15 heavy (non-hydrogen) atoms. The molecule has 5 nitrogen and oxygen atoms in total. The lowest BCUT2D eigenvalue weighted by Crippen LogP contribution is -2.26. The van der Waals surface area contributed by atoms with E-state index in [-0.39, 0.29) is 0 Å². The fraction of sp³-hybridized carbons (Fsp3) is 0.700. The van der Waals surface area contributed by atoms with E-state index >= 15 is 0 Å². The van der Waals surface area contributed by atoms with Crippen LogP contribution in [0.3, 0.4) is 0 Å². The van der Waals surface area contributed by atoms with Gasteiger partial charge in [0.1, 0.15) is 0 Å². The third kappa shape index (κ3) is 2.77. The van der Waals surface area contributed by atoms with Gasteiger partial charge in [0, 0.05) is 38.8 Å². The normalized spacial score (nSPS) is 15.5. The molecule has 2 rings (SSSR count). The molecule has 80 valence electrons. The molecule has 1 aromatic rings. The Morgan fingerprint density at radius 3 is 3.00 bits per heavy atom. The molecule has 0 radical (unpaired) electrons. The predicted octanol–water partition coefficient (Wildman–Crippen LogP) is 0.693. The Labute approximate surface area is 89.3 Å². The van der Waals surface area contributed by atoms with Gasteiger partial charge in [0.25, 0.3) is 0 Å². The Morgan fingerprint density at radius 1 is 1.67 bits per heavy atom. The quantitative estimate of drug-likeness (QED) is 0.709. The first kappa shape index (κ1) is 10.1. The summed E-state index contributed by atoms with van der Waals surface area (Å²) in [5.41, 5.74) is 0.988. The highest BCUT2D eigenvalue weighted by atomic mass is 15.4. The van der Waals surface area contributed by atoms with E-state index in [9.17, 15) is 0 Å². The van der Waals surface area contributed by atoms with E-state index in [0.29, 0.717) is 12.5 Å². The summed E-state index contributed by atoms with van der Waals surface area (Å²) in [5, 5.41) is 16.5. The number of rotatable bonds is 5. The van der Waals surface area contributed by atoms with Crippen LogP contribution in [0.25, 0.3) is 0 Å². The molecule has 5 heteroatoms. The Balaban J connectivity index is 1.91. The second-order valence-electron chi connectivity index (χ2n) is 3.99. The minimum Gasteiger partial charge on any atom is -0.293 e. The Morgan fingerprint density at radius 2 is 2.47 bits per heavy atom. The highest BCUT2D eigenvalue weighted by Crippen LogP contribution is 2.27. The summed E-state index contributed by atoms with van der Waals surface area (Å²) >= 11 is 0. The molecule has 0 atom stereocenters. The second kappa shape index (κ2) is 4.41. The zero-order valence-electron chi connectivity index (χ0n) is 8.93. The number of nitriles is 1. The van der Waals surface area contributed by atoms with Crippen LogP contribution in [-0.4, -0.2) is 32.5 Å². The van der Waals surface area contributed by atoms with Crippen molar-refractivity contribution < 1.29 is 0 Å². The molecule has 1 aliphatic rings. The molecular formula is C10H15N5. The van der Waals surface area contributed by atoms with Gasteiger partial charge >= 0.3 is 0 Å². The van der Waals surface area contributed by atoms with E-state index in [4.69, 9.17) is 5.26 Å². The van der Waals surface area contributed by atoms with Crippen molar-refractivity contribution in [2.75, 3.05) is 6.54 Å². The maximum atomic E-state index is 8.58. The minimum absolute atomic E-state index is 0.594. The number of aromatic nitrogens is 3. The molecule has 1 aliphatic carbocycles. The van der Waals surface area contributed by atoms with Crippen LogP contribution in [0.1, 0.15) is 25.0 Å². The van der Waals surface area contributed by atoms with E-state index in [1.54, 1.807) is 4.68 Å². The summed E-state index contributed by atoms with van der Waals surface area (Å²) in [6.45, 7) is 1.66. The maximum Gasteiger partial charge on any atom is 0.0967 e. The van der Waals surface area contributed by atoms with Gasteiger partial charge in [-0.25, -0.2) is 0 Å². The van der Waals surface area contributed by atoms with Crippen molar-refractivity contribution in [3.05, 3.63) is 11.9 Å². The number of hydrogen-bond donors (Lipinski definition) is 0. The van der Waals surface area contributed by atoms with Gasteiger partial charge in [-0.15, -0.1) is 5.10 Å². The van der Waals surface area contributed by atoms with Gasteiger partial charge in [0.05, 0.1) is 11.8 Å². The van der Waals surface area contributed by atoms with E-state index in [2.05, 4.69) is 21.3 Å². The monoisotopic (exact) mass is 205 g/mol. The maximum absolute atomic E-state index is 8.58. The summed E-state index contributed by atoms with van der Waals surface area (Å²) in [6, 6.07) is 2.86. The third-order valence-corrected chi connectivity index (χ3v) is 2.59. The van der Waals surface area contributed by atoms with Gasteiger partial charge in [0.15, 0.2) is 0 Å². The summed E-state index contributed by atoms with van der Waals surface area (Å²) in [6.07, 6.45) is 5.04. The molecule has 0 bridgehead atoms. The zero-order chi connectivity index (χ0) is 10.7. The molecule has 0 amide bonds. The van der Waals surface area contributed by atoms with E-state index in [0.717, 1.165) is 18.8 Å². The first-order valence-corrected chi connectivity index (χ1v) is 5.26. The molecule has 0 spiro atoms. The average molecular weight is 205 g/mol. The second-order valence-corrected chi connectivity index (χ2v) is 3.99. The Hall–Kier alpha value is -1.41. The van der Waals surface area contributed by atoms with Crippen LogP contribution >= 0.6 is 0 Å². The molecule has 0 aromatic carbocycles. The van der Waals surface area contributed by atoms with Crippen molar-refractivity contribution in [2.24, 2.45) is 7.05 Å². The summed E-state index contributed by atoms with van der Waals surface area (Å²) in [7, 11) is 1.87. The number of hydrogen-bond acceptors (Lipinski definition) is 4. The zero-order valence-corrected chi connectivity index (χ0v) is 8.93. The molecule has 1 fully saturated rings. The first-order valence-electron chi connectivity index (χ1n) is 5.26. The molecule has 1 saturated carbocycles. The fourth-order valence-electron chi connectivity index (χ4n) is 1.70. The predicted molar refractivity (Wildman–Crippen MR) is 54.7 cm³/mol. The largest absolute Gasteiger partial charge is 0.293 e. The van der Waals surface area contributed by atoms with Crippen molar-refractivity contribution >= 4 is 0 Å². The van der Waals surface area contributed by atoms with E-state index in [1.165, 1.54) is 12.8 Å². The van der Waals surface area contributed by atoms with Crippen molar-refractivity contribution in [3.63, 3.8) is 0 Å². The van der Waals surface area contributed by atoms with Crippen molar-refractivity contribution in [3.8, 4) is 6.07 Å². The van der Waals surface area contributed by atoms with Crippen LogP contribution in [0.5, 0.6) is 0 Å². The molecule has 0 unspecified atom stereocenters. The van der Waals surface area contributed by atoms with Crippen molar-refractivity contribution in [1.82, 2.24) is 19.9 Å². The summed E-state index contributed by atoms with van der Waals surface area (Å²) < 4.78 is 1.71. The SMILES string of the molecule is Cn1cc(CN(CCC#N)C2CC2)nn1.